The summed E-state index contributed by atoms with van der Waals surface area (Å²) in [6, 6.07) is 8.47. The van der Waals surface area contributed by atoms with Gasteiger partial charge in [0.15, 0.2) is 0 Å². The van der Waals surface area contributed by atoms with Crippen molar-refractivity contribution in [3.05, 3.63) is 53.1 Å². The second-order valence-corrected chi connectivity index (χ2v) is 6.50. The van der Waals surface area contributed by atoms with Crippen molar-refractivity contribution in [3.63, 3.8) is 0 Å². The molecule has 0 saturated carbocycles. The number of allylic oxidation sites excluding steroid dienone is 2. The SMILES string of the molecule is CC/C=C1\C(C)(CC)CC=C(c2ccc(C)cc2)C1(N)N. The van der Waals surface area contributed by atoms with Crippen LogP contribution in [0.25, 0.3) is 5.57 Å². The van der Waals surface area contributed by atoms with Crippen LogP contribution in [0.4, 0.5) is 0 Å². The topological polar surface area (TPSA) is 52.0 Å². The first-order valence-corrected chi connectivity index (χ1v) is 7.91. The predicted molar refractivity (Wildman–Crippen MR) is 91.7 cm³/mol. The van der Waals surface area contributed by atoms with Gasteiger partial charge < -0.3 is 11.5 Å². The Hall–Kier alpha value is -1.38. The molecule has 1 aliphatic rings. The fraction of sp³-hybridized carbons (Fsp3) is 0.474. The Bertz CT molecular complexity index is 564. The van der Waals surface area contributed by atoms with Crippen LogP contribution in [-0.4, -0.2) is 5.66 Å². The van der Waals surface area contributed by atoms with E-state index in [2.05, 4.69) is 64.1 Å². The van der Waals surface area contributed by atoms with Gasteiger partial charge in [-0.05, 0) is 48.3 Å². The van der Waals surface area contributed by atoms with Gasteiger partial charge in [0.2, 0.25) is 0 Å². The number of aryl methyl sites for hydroxylation is 1. The Morgan fingerprint density at radius 2 is 1.76 bits per heavy atom. The van der Waals surface area contributed by atoms with Crippen LogP contribution in [0.2, 0.25) is 0 Å². The first kappa shape index (κ1) is 16.0. The summed E-state index contributed by atoms with van der Waals surface area (Å²) in [5.74, 6) is 0. The van der Waals surface area contributed by atoms with E-state index < -0.39 is 5.66 Å². The van der Waals surface area contributed by atoms with Crippen LogP contribution < -0.4 is 11.5 Å². The van der Waals surface area contributed by atoms with Crippen molar-refractivity contribution >= 4 is 5.57 Å². The van der Waals surface area contributed by atoms with Crippen molar-refractivity contribution in [2.45, 2.75) is 52.6 Å². The zero-order chi connectivity index (χ0) is 15.7. The third-order valence-electron chi connectivity index (χ3n) is 4.85. The molecule has 2 rings (SSSR count). The molecule has 1 aliphatic carbocycles. The summed E-state index contributed by atoms with van der Waals surface area (Å²) < 4.78 is 0. The summed E-state index contributed by atoms with van der Waals surface area (Å²) in [6.45, 7) is 8.71. The summed E-state index contributed by atoms with van der Waals surface area (Å²) in [7, 11) is 0. The quantitative estimate of drug-likeness (QED) is 0.647. The summed E-state index contributed by atoms with van der Waals surface area (Å²) in [4.78, 5) is 0. The van der Waals surface area contributed by atoms with Gasteiger partial charge in [0, 0.05) is 0 Å². The van der Waals surface area contributed by atoms with E-state index in [1.54, 1.807) is 0 Å². The average molecular weight is 284 g/mol. The van der Waals surface area contributed by atoms with Crippen LogP contribution in [0.15, 0.2) is 42.0 Å². The molecule has 0 bridgehead atoms. The smallest absolute Gasteiger partial charge is 0.113 e. The van der Waals surface area contributed by atoms with Gasteiger partial charge in [-0.25, -0.2) is 0 Å². The summed E-state index contributed by atoms with van der Waals surface area (Å²) in [5.41, 5.74) is 17.0. The third kappa shape index (κ3) is 2.83. The molecule has 21 heavy (non-hydrogen) atoms. The molecular weight excluding hydrogens is 256 g/mol. The lowest BCUT2D eigenvalue weighted by molar-refractivity contribution is 0.331. The molecule has 1 aromatic carbocycles. The highest BCUT2D eigenvalue weighted by Gasteiger charge is 2.43. The predicted octanol–water partition coefficient (Wildman–Crippen LogP) is 4.15. The minimum atomic E-state index is -0.881. The van der Waals surface area contributed by atoms with Gasteiger partial charge in [-0.2, -0.15) is 0 Å². The first-order chi connectivity index (χ1) is 9.85. The lowest BCUT2D eigenvalue weighted by Gasteiger charge is -2.45. The molecule has 0 fully saturated rings. The lowest BCUT2D eigenvalue weighted by Crippen LogP contribution is -2.57. The highest BCUT2D eigenvalue weighted by atomic mass is 15.0. The van der Waals surface area contributed by atoms with Gasteiger partial charge in [-0.15, -0.1) is 0 Å². The average Bonchev–Trinajstić information content (AvgIpc) is 2.45. The maximum Gasteiger partial charge on any atom is 0.113 e. The number of hydrogen-bond donors (Lipinski definition) is 2. The first-order valence-electron chi connectivity index (χ1n) is 7.91. The molecule has 2 nitrogen and oxygen atoms in total. The van der Waals surface area contributed by atoms with Crippen molar-refractivity contribution in [2.75, 3.05) is 0 Å². The molecule has 114 valence electrons. The molecular formula is C19H28N2. The molecule has 0 saturated heterocycles. The molecule has 0 radical (unpaired) electrons. The number of nitrogens with two attached hydrogens (primary N) is 2. The molecule has 1 aromatic rings. The van der Waals surface area contributed by atoms with Gasteiger partial charge in [-0.1, -0.05) is 62.8 Å². The number of hydrogen-bond acceptors (Lipinski definition) is 2. The Kier molecular flexibility index (Phi) is 4.40. The zero-order valence-corrected chi connectivity index (χ0v) is 13.7. The van der Waals surface area contributed by atoms with Gasteiger partial charge in [0.25, 0.3) is 0 Å². The van der Waals surface area contributed by atoms with Crippen molar-refractivity contribution in [3.8, 4) is 0 Å². The Labute approximate surface area is 128 Å². The van der Waals surface area contributed by atoms with E-state index in [4.69, 9.17) is 11.5 Å². The maximum atomic E-state index is 6.61. The highest BCUT2D eigenvalue weighted by Crippen LogP contribution is 2.47. The second-order valence-electron chi connectivity index (χ2n) is 6.50. The lowest BCUT2D eigenvalue weighted by atomic mass is 9.64. The van der Waals surface area contributed by atoms with Crippen LogP contribution in [-0.2, 0) is 0 Å². The standard InChI is InChI=1S/C19H28N2/c1-5-7-17-18(4,6-2)13-12-16(19(17,20)21)15-10-8-14(3)9-11-15/h7-12H,5-6,13,20-21H2,1-4H3/b17-7+. The Balaban J connectivity index is 2.54. The van der Waals surface area contributed by atoms with Gasteiger partial charge in [0.1, 0.15) is 5.66 Å². The largest absolute Gasteiger partial charge is 0.306 e. The maximum absolute atomic E-state index is 6.61. The second kappa shape index (κ2) is 5.78. The molecule has 0 heterocycles. The Morgan fingerprint density at radius 1 is 1.14 bits per heavy atom. The molecule has 1 unspecified atom stereocenters. The van der Waals surface area contributed by atoms with E-state index in [1.165, 1.54) is 11.1 Å². The fourth-order valence-corrected chi connectivity index (χ4v) is 3.29. The van der Waals surface area contributed by atoms with Crippen LogP contribution in [0.3, 0.4) is 0 Å². The molecule has 2 heteroatoms. The van der Waals surface area contributed by atoms with Crippen LogP contribution in [0.1, 0.15) is 51.2 Å². The normalized spacial score (nSPS) is 26.8. The van der Waals surface area contributed by atoms with E-state index in [9.17, 15) is 0 Å². The van der Waals surface area contributed by atoms with Crippen LogP contribution >= 0.6 is 0 Å². The van der Waals surface area contributed by atoms with E-state index in [-0.39, 0.29) is 5.41 Å². The third-order valence-corrected chi connectivity index (χ3v) is 4.85. The van der Waals surface area contributed by atoms with Gasteiger partial charge in [-0.3, -0.25) is 0 Å². The number of rotatable bonds is 3. The van der Waals surface area contributed by atoms with Crippen LogP contribution in [0.5, 0.6) is 0 Å². The minimum Gasteiger partial charge on any atom is -0.306 e. The van der Waals surface area contributed by atoms with E-state index in [0.29, 0.717) is 0 Å². The summed E-state index contributed by atoms with van der Waals surface area (Å²) in [5, 5.41) is 0. The van der Waals surface area contributed by atoms with E-state index in [0.717, 1.165) is 30.4 Å². The summed E-state index contributed by atoms with van der Waals surface area (Å²) in [6.07, 6.45) is 7.47. The molecule has 0 aliphatic heterocycles. The molecule has 0 spiro atoms. The van der Waals surface area contributed by atoms with Gasteiger partial charge >= 0.3 is 0 Å². The van der Waals surface area contributed by atoms with E-state index in [1.807, 2.05) is 0 Å². The molecule has 1 atom stereocenters. The summed E-state index contributed by atoms with van der Waals surface area (Å²) >= 11 is 0. The van der Waals surface area contributed by atoms with Crippen LogP contribution in [0, 0.1) is 12.3 Å². The highest BCUT2D eigenvalue weighted by molar-refractivity contribution is 5.78. The Morgan fingerprint density at radius 3 is 2.29 bits per heavy atom. The van der Waals surface area contributed by atoms with Crippen molar-refractivity contribution < 1.29 is 0 Å². The van der Waals surface area contributed by atoms with E-state index >= 15 is 0 Å². The number of benzene rings is 1. The monoisotopic (exact) mass is 284 g/mol. The minimum absolute atomic E-state index is 0.0632. The molecule has 0 amide bonds. The van der Waals surface area contributed by atoms with Crippen molar-refractivity contribution in [2.24, 2.45) is 16.9 Å². The molecule has 0 aromatic heterocycles. The molecule has 4 N–H and O–H groups in total. The van der Waals surface area contributed by atoms with Crippen molar-refractivity contribution in [1.29, 1.82) is 0 Å². The van der Waals surface area contributed by atoms with Crippen molar-refractivity contribution in [1.82, 2.24) is 0 Å². The van der Waals surface area contributed by atoms with Gasteiger partial charge in [0.05, 0.1) is 0 Å². The fourth-order valence-electron chi connectivity index (χ4n) is 3.29. The zero-order valence-electron chi connectivity index (χ0n) is 13.7.